The molecular weight excluding hydrogens is 318 g/mol. The van der Waals surface area contributed by atoms with Gasteiger partial charge in [0.2, 0.25) is 0 Å². The molecule has 0 spiro atoms. The first-order valence-corrected chi connectivity index (χ1v) is 7.23. The number of thioether (sulfide) groups is 1. The number of hydrogen-bond donors (Lipinski definition) is 1. The zero-order valence-electron chi connectivity index (χ0n) is 8.99. The average molecular weight is 329 g/mol. The Morgan fingerprint density at radius 1 is 1.12 bits per heavy atom. The van der Waals surface area contributed by atoms with Crippen LogP contribution in [-0.4, -0.2) is 0 Å². The lowest BCUT2D eigenvalue weighted by Crippen LogP contribution is -1.93. The third kappa shape index (κ3) is 3.41. The lowest BCUT2D eigenvalue weighted by molar-refractivity contribution is 1.38. The lowest BCUT2D eigenvalue weighted by atomic mass is 10.2. The third-order valence-electron chi connectivity index (χ3n) is 2.35. The molecule has 2 rings (SSSR count). The van der Waals surface area contributed by atoms with Gasteiger partial charge in [0.15, 0.2) is 0 Å². The summed E-state index contributed by atoms with van der Waals surface area (Å²) in [5.41, 5.74) is 7.66. The first-order chi connectivity index (χ1) is 8.16. The van der Waals surface area contributed by atoms with Crippen LogP contribution in [0.25, 0.3) is 0 Å². The fraction of sp³-hybridized carbons (Fsp3) is 0.0769. The van der Waals surface area contributed by atoms with Gasteiger partial charge in [-0.05, 0) is 36.4 Å². The minimum absolute atomic E-state index is 0.731. The van der Waals surface area contributed by atoms with Crippen LogP contribution in [0.1, 0.15) is 5.56 Å². The van der Waals surface area contributed by atoms with Crippen molar-refractivity contribution in [3.63, 3.8) is 0 Å². The molecule has 0 aliphatic rings. The van der Waals surface area contributed by atoms with E-state index in [1.165, 1.54) is 4.90 Å². The van der Waals surface area contributed by atoms with E-state index in [1.807, 2.05) is 30.3 Å². The van der Waals surface area contributed by atoms with Gasteiger partial charge in [-0.1, -0.05) is 33.6 Å². The normalized spacial score (nSPS) is 10.5. The van der Waals surface area contributed by atoms with E-state index in [0.29, 0.717) is 0 Å². The highest BCUT2D eigenvalue weighted by molar-refractivity contribution is 9.10. The summed E-state index contributed by atoms with van der Waals surface area (Å²) in [6.07, 6.45) is 0. The van der Waals surface area contributed by atoms with Crippen LogP contribution in [0, 0.1) is 0 Å². The van der Waals surface area contributed by atoms with Crippen LogP contribution in [0.4, 0.5) is 5.69 Å². The molecule has 4 heteroatoms. The molecule has 0 atom stereocenters. The van der Waals surface area contributed by atoms with Crippen LogP contribution in [0.5, 0.6) is 0 Å². The van der Waals surface area contributed by atoms with E-state index >= 15 is 0 Å². The first-order valence-electron chi connectivity index (χ1n) is 5.08. The van der Waals surface area contributed by atoms with Crippen molar-refractivity contribution >= 4 is 45.0 Å². The number of benzene rings is 2. The molecule has 0 saturated carbocycles. The molecule has 0 aromatic heterocycles. The summed E-state index contributed by atoms with van der Waals surface area (Å²) in [6.45, 7) is 0. The highest BCUT2D eigenvalue weighted by atomic mass is 79.9. The molecule has 0 fully saturated rings. The van der Waals surface area contributed by atoms with Gasteiger partial charge in [0.05, 0.1) is 0 Å². The van der Waals surface area contributed by atoms with Gasteiger partial charge in [-0.2, -0.15) is 0 Å². The molecule has 2 aromatic rings. The molecule has 0 saturated heterocycles. The van der Waals surface area contributed by atoms with Gasteiger partial charge >= 0.3 is 0 Å². The van der Waals surface area contributed by atoms with Gasteiger partial charge in [0.25, 0.3) is 0 Å². The van der Waals surface area contributed by atoms with Crippen LogP contribution in [0.2, 0.25) is 5.02 Å². The molecule has 0 heterocycles. The summed E-state index contributed by atoms with van der Waals surface area (Å²) in [4.78, 5) is 1.20. The van der Waals surface area contributed by atoms with Gasteiger partial charge < -0.3 is 5.73 Å². The van der Waals surface area contributed by atoms with E-state index in [2.05, 4.69) is 28.1 Å². The Kier molecular flexibility index (Phi) is 4.37. The molecule has 0 aliphatic heterocycles. The summed E-state index contributed by atoms with van der Waals surface area (Å²) < 4.78 is 1.08. The van der Waals surface area contributed by atoms with Crippen LogP contribution in [0.15, 0.2) is 51.8 Å². The molecular formula is C13H11BrClNS. The molecule has 88 valence electrons. The van der Waals surface area contributed by atoms with E-state index in [9.17, 15) is 0 Å². The Labute approximate surface area is 118 Å². The fourth-order valence-corrected chi connectivity index (χ4v) is 2.97. The quantitative estimate of drug-likeness (QED) is 0.635. The predicted molar refractivity (Wildman–Crippen MR) is 79.6 cm³/mol. The second kappa shape index (κ2) is 5.80. The van der Waals surface area contributed by atoms with Crippen molar-refractivity contribution in [2.24, 2.45) is 0 Å². The molecule has 0 aliphatic carbocycles. The summed E-state index contributed by atoms with van der Waals surface area (Å²) >= 11 is 11.3. The van der Waals surface area contributed by atoms with Gasteiger partial charge in [-0.3, -0.25) is 0 Å². The molecule has 2 aromatic carbocycles. The minimum atomic E-state index is 0.731. The Hall–Kier alpha value is -0.640. The van der Waals surface area contributed by atoms with Crippen molar-refractivity contribution in [2.45, 2.75) is 10.6 Å². The molecule has 0 amide bonds. The molecule has 1 nitrogen and oxygen atoms in total. The predicted octanol–water partition coefficient (Wildman–Crippen LogP) is 4.98. The van der Waals surface area contributed by atoms with Crippen molar-refractivity contribution in [3.8, 4) is 0 Å². The Morgan fingerprint density at radius 2 is 1.82 bits per heavy atom. The lowest BCUT2D eigenvalue weighted by Gasteiger charge is -2.07. The monoisotopic (exact) mass is 327 g/mol. The molecule has 2 N–H and O–H groups in total. The molecule has 0 bridgehead atoms. The zero-order chi connectivity index (χ0) is 12.3. The number of halogens is 2. The van der Waals surface area contributed by atoms with Gasteiger partial charge in [0.1, 0.15) is 0 Å². The van der Waals surface area contributed by atoms with Crippen molar-refractivity contribution in [1.82, 2.24) is 0 Å². The van der Waals surface area contributed by atoms with E-state index in [1.54, 1.807) is 11.8 Å². The van der Waals surface area contributed by atoms with Crippen LogP contribution in [-0.2, 0) is 5.75 Å². The largest absolute Gasteiger partial charge is 0.398 e. The van der Waals surface area contributed by atoms with Crippen LogP contribution < -0.4 is 5.73 Å². The van der Waals surface area contributed by atoms with E-state index < -0.39 is 0 Å². The van der Waals surface area contributed by atoms with Crippen molar-refractivity contribution < 1.29 is 0 Å². The second-order valence-electron chi connectivity index (χ2n) is 3.55. The van der Waals surface area contributed by atoms with E-state index in [4.69, 9.17) is 17.3 Å². The third-order valence-corrected chi connectivity index (χ3v) is 4.27. The maximum Gasteiger partial charge on any atom is 0.0467 e. The van der Waals surface area contributed by atoms with Crippen molar-refractivity contribution in [1.29, 1.82) is 0 Å². The summed E-state index contributed by atoms with van der Waals surface area (Å²) in [6, 6.07) is 13.8. The minimum Gasteiger partial charge on any atom is -0.398 e. The number of hydrogen-bond acceptors (Lipinski definition) is 2. The summed E-state index contributed by atoms with van der Waals surface area (Å²) in [7, 11) is 0. The number of rotatable bonds is 3. The highest BCUT2D eigenvalue weighted by Crippen LogP contribution is 2.30. The maximum absolute atomic E-state index is 6.12. The number of nitrogen functional groups attached to an aromatic ring is 1. The van der Waals surface area contributed by atoms with Gasteiger partial charge in [-0.25, -0.2) is 0 Å². The Balaban J connectivity index is 2.10. The molecule has 17 heavy (non-hydrogen) atoms. The standard InChI is InChI=1S/C13H11BrClNS/c14-9-4-6-10(7-5-9)17-8-11-12(15)2-1-3-13(11)16/h1-7H,8,16H2. The topological polar surface area (TPSA) is 26.0 Å². The van der Waals surface area contributed by atoms with Gasteiger partial charge in [-0.15, -0.1) is 11.8 Å². The van der Waals surface area contributed by atoms with Crippen LogP contribution in [0.3, 0.4) is 0 Å². The molecule has 0 radical (unpaired) electrons. The van der Waals surface area contributed by atoms with Crippen LogP contribution >= 0.6 is 39.3 Å². The molecule has 0 unspecified atom stereocenters. The fourth-order valence-electron chi connectivity index (χ4n) is 1.41. The number of nitrogens with two attached hydrogens (primary N) is 1. The Morgan fingerprint density at radius 3 is 2.47 bits per heavy atom. The van der Waals surface area contributed by atoms with Crippen molar-refractivity contribution in [2.75, 3.05) is 5.73 Å². The maximum atomic E-state index is 6.12. The SMILES string of the molecule is Nc1cccc(Cl)c1CSc1ccc(Br)cc1. The summed E-state index contributed by atoms with van der Waals surface area (Å²) in [5, 5.41) is 0.731. The van der Waals surface area contributed by atoms with E-state index in [0.717, 1.165) is 26.5 Å². The zero-order valence-corrected chi connectivity index (χ0v) is 12.1. The second-order valence-corrected chi connectivity index (χ2v) is 5.92. The van der Waals surface area contributed by atoms with Crippen molar-refractivity contribution in [3.05, 3.63) is 57.5 Å². The number of anilines is 1. The average Bonchev–Trinajstić information content (AvgIpc) is 2.31. The Bertz CT molecular complexity index is 493. The first kappa shape index (κ1) is 12.8. The van der Waals surface area contributed by atoms with E-state index in [-0.39, 0.29) is 0 Å². The smallest absolute Gasteiger partial charge is 0.0467 e. The highest BCUT2D eigenvalue weighted by Gasteiger charge is 2.05. The van der Waals surface area contributed by atoms with Gasteiger partial charge in [0, 0.05) is 31.4 Å². The summed E-state index contributed by atoms with van der Waals surface area (Å²) in [5.74, 6) is 0.785.